The lowest BCUT2D eigenvalue weighted by Gasteiger charge is -2.24. The van der Waals surface area contributed by atoms with Crippen LogP contribution in [-0.4, -0.2) is 48.6 Å². The maximum Gasteiger partial charge on any atom is 0.149 e. The number of aromatic nitrogens is 2. The van der Waals surface area contributed by atoms with Gasteiger partial charge in [-0.2, -0.15) is 0 Å². The quantitative estimate of drug-likeness (QED) is 0.858. The number of anilines is 2. The van der Waals surface area contributed by atoms with Crippen molar-refractivity contribution < 1.29 is 9.53 Å². The smallest absolute Gasteiger partial charge is 0.149 e. The molecule has 0 aromatic carbocycles. The average Bonchev–Trinajstić information content (AvgIpc) is 2.39. The van der Waals surface area contributed by atoms with E-state index in [9.17, 15) is 4.79 Å². The Balaban J connectivity index is 1.99. The number of ketones is 1. The molecule has 104 valence electrons. The standard InChI is InChI=1S/C13H20N4O2/c1-10(18)8-17(2)13-7-12(14-9-15-13)16-11-3-5-19-6-4-11/h7,9,11H,3-6,8H2,1-2H3,(H,14,15,16). The molecule has 19 heavy (non-hydrogen) atoms. The molecular formula is C13H20N4O2. The van der Waals surface area contributed by atoms with Gasteiger partial charge in [0.2, 0.25) is 0 Å². The van der Waals surface area contributed by atoms with Gasteiger partial charge in [0.1, 0.15) is 23.7 Å². The molecule has 1 aromatic rings. The molecule has 0 spiro atoms. The second kappa shape index (κ2) is 6.47. The predicted molar refractivity (Wildman–Crippen MR) is 73.4 cm³/mol. The van der Waals surface area contributed by atoms with Crippen LogP contribution in [-0.2, 0) is 9.53 Å². The molecule has 1 fully saturated rings. The topological polar surface area (TPSA) is 67.4 Å². The third-order valence-electron chi connectivity index (χ3n) is 3.08. The molecule has 6 heteroatoms. The third-order valence-corrected chi connectivity index (χ3v) is 3.08. The number of rotatable bonds is 5. The molecule has 0 aliphatic carbocycles. The Morgan fingerprint density at radius 1 is 1.47 bits per heavy atom. The van der Waals surface area contributed by atoms with Gasteiger partial charge in [-0.1, -0.05) is 0 Å². The summed E-state index contributed by atoms with van der Waals surface area (Å²) in [6.45, 7) is 3.51. The third kappa shape index (κ3) is 4.17. The summed E-state index contributed by atoms with van der Waals surface area (Å²) < 4.78 is 5.32. The van der Waals surface area contributed by atoms with Crippen LogP contribution >= 0.6 is 0 Å². The second-order valence-corrected chi connectivity index (χ2v) is 4.85. The highest BCUT2D eigenvalue weighted by molar-refractivity contribution is 5.80. The molecule has 0 radical (unpaired) electrons. The normalized spacial score (nSPS) is 16.1. The van der Waals surface area contributed by atoms with Gasteiger partial charge in [0, 0.05) is 32.4 Å². The summed E-state index contributed by atoms with van der Waals surface area (Å²) in [5.41, 5.74) is 0. The Morgan fingerprint density at radius 3 is 2.89 bits per heavy atom. The summed E-state index contributed by atoms with van der Waals surface area (Å²) in [7, 11) is 1.85. The van der Waals surface area contributed by atoms with Crippen molar-refractivity contribution in [1.29, 1.82) is 0 Å². The van der Waals surface area contributed by atoms with E-state index in [0.717, 1.165) is 37.7 Å². The van der Waals surface area contributed by atoms with Crippen LogP contribution in [0.2, 0.25) is 0 Å². The number of ether oxygens (including phenoxy) is 1. The first-order chi connectivity index (χ1) is 9.15. The van der Waals surface area contributed by atoms with E-state index in [4.69, 9.17) is 4.74 Å². The predicted octanol–water partition coefficient (Wildman–Crippen LogP) is 1.09. The van der Waals surface area contributed by atoms with Gasteiger partial charge in [-0.15, -0.1) is 0 Å². The molecule has 2 heterocycles. The molecule has 0 amide bonds. The zero-order valence-electron chi connectivity index (χ0n) is 11.4. The van der Waals surface area contributed by atoms with Gasteiger partial charge in [0.25, 0.3) is 0 Å². The first kappa shape index (κ1) is 13.7. The average molecular weight is 264 g/mol. The van der Waals surface area contributed by atoms with Gasteiger partial charge in [0.05, 0.1) is 6.54 Å². The molecule has 0 unspecified atom stereocenters. The maximum absolute atomic E-state index is 11.1. The highest BCUT2D eigenvalue weighted by Gasteiger charge is 2.14. The molecule has 1 aromatic heterocycles. The number of Topliss-reactive ketones (excluding diaryl/α,β-unsaturated/α-hetero) is 1. The molecular weight excluding hydrogens is 244 g/mol. The molecule has 1 saturated heterocycles. The largest absolute Gasteiger partial charge is 0.381 e. The van der Waals surface area contributed by atoms with E-state index < -0.39 is 0 Å². The Bertz CT molecular complexity index is 432. The van der Waals surface area contributed by atoms with Crippen molar-refractivity contribution in [2.24, 2.45) is 0 Å². The van der Waals surface area contributed by atoms with E-state index in [1.807, 2.05) is 18.0 Å². The van der Waals surface area contributed by atoms with Crippen LogP contribution in [0.5, 0.6) is 0 Å². The van der Waals surface area contributed by atoms with E-state index in [2.05, 4.69) is 15.3 Å². The van der Waals surface area contributed by atoms with Crippen molar-refractivity contribution in [1.82, 2.24) is 9.97 Å². The Kier molecular flexibility index (Phi) is 4.68. The molecule has 0 bridgehead atoms. The van der Waals surface area contributed by atoms with Crippen molar-refractivity contribution >= 4 is 17.4 Å². The Hall–Kier alpha value is -1.69. The first-order valence-corrected chi connectivity index (χ1v) is 6.52. The lowest BCUT2D eigenvalue weighted by Crippen LogP contribution is -2.29. The minimum Gasteiger partial charge on any atom is -0.381 e. The summed E-state index contributed by atoms with van der Waals surface area (Å²) in [6.07, 6.45) is 3.50. The Labute approximate surface area is 113 Å². The monoisotopic (exact) mass is 264 g/mol. The number of carbonyl (C=O) groups excluding carboxylic acids is 1. The second-order valence-electron chi connectivity index (χ2n) is 4.85. The first-order valence-electron chi connectivity index (χ1n) is 6.52. The zero-order chi connectivity index (χ0) is 13.7. The van der Waals surface area contributed by atoms with Gasteiger partial charge in [0.15, 0.2) is 0 Å². The highest BCUT2D eigenvalue weighted by atomic mass is 16.5. The van der Waals surface area contributed by atoms with Gasteiger partial charge in [-0.05, 0) is 19.8 Å². The van der Waals surface area contributed by atoms with E-state index in [1.54, 1.807) is 6.92 Å². The Morgan fingerprint density at radius 2 is 2.21 bits per heavy atom. The van der Waals surface area contributed by atoms with Gasteiger partial charge < -0.3 is 15.0 Å². The molecule has 2 rings (SSSR count). The SMILES string of the molecule is CC(=O)CN(C)c1cc(NC2CCOCC2)ncn1. The van der Waals surface area contributed by atoms with Gasteiger partial charge in [-0.25, -0.2) is 9.97 Å². The van der Waals surface area contributed by atoms with Crippen LogP contribution in [0, 0.1) is 0 Å². The number of hydrogen-bond acceptors (Lipinski definition) is 6. The fraction of sp³-hybridized carbons (Fsp3) is 0.615. The van der Waals surface area contributed by atoms with Crippen LogP contribution in [0.25, 0.3) is 0 Å². The van der Waals surface area contributed by atoms with E-state index in [-0.39, 0.29) is 5.78 Å². The van der Waals surface area contributed by atoms with Crippen molar-refractivity contribution in [2.75, 3.05) is 37.0 Å². The number of likely N-dealkylation sites (N-methyl/N-ethyl adjacent to an activating group) is 1. The van der Waals surface area contributed by atoms with Crippen molar-refractivity contribution in [3.05, 3.63) is 12.4 Å². The summed E-state index contributed by atoms with van der Waals surface area (Å²) in [6, 6.07) is 2.27. The number of carbonyl (C=O) groups is 1. The summed E-state index contributed by atoms with van der Waals surface area (Å²) in [4.78, 5) is 21.3. The fourth-order valence-corrected chi connectivity index (χ4v) is 2.10. The van der Waals surface area contributed by atoms with Crippen molar-refractivity contribution in [3.8, 4) is 0 Å². The lowest BCUT2D eigenvalue weighted by molar-refractivity contribution is -0.115. The van der Waals surface area contributed by atoms with Crippen LogP contribution in [0.15, 0.2) is 12.4 Å². The highest BCUT2D eigenvalue weighted by Crippen LogP contribution is 2.16. The van der Waals surface area contributed by atoms with Crippen LogP contribution in [0.3, 0.4) is 0 Å². The van der Waals surface area contributed by atoms with Gasteiger partial charge >= 0.3 is 0 Å². The molecule has 0 atom stereocenters. The molecule has 1 N–H and O–H groups in total. The summed E-state index contributed by atoms with van der Waals surface area (Å²) in [5.74, 6) is 1.66. The number of hydrogen-bond donors (Lipinski definition) is 1. The summed E-state index contributed by atoms with van der Waals surface area (Å²) in [5, 5.41) is 3.39. The van der Waals surface area contributed by atoms with Crippen LogP contribution in [0.4, 0.5) is 11.6 Å². The maximum atomic E-state index is 11.1. The lowest BCUT2D eigenvalue weighted by atomic mass is 10.1. The fourth-order valence-electron chi connectivity index (χ4n) is 2.10. The van der Waals surface area contributed by atoms with E-state index in [0.29, 0.717) is 12.6 Å². The number of nitrogens with one attached hydrogen (secondary N) is 1. The molecule has 0 saturated carbocycles. The molecule has 1 aliphatic rings. The number of nitrogens with zero attached hydrogens (tertiary/aromatic N) is 3. The van der Waals surface area contributed by atoms with Crippen LogP contribution < -0.4 is 10.2 Å². The minimum atomic E-state index is 0.111. The van der Waals surface area contributed by atoms with Gasteiger partial charge in [-0.3, -0.25) is 4.79 Å². The zero-order valence-corrected chi connectivity index (χ0v) is 11.4. The minimum absolute atomic E-state index is 0.111. The molecule has 6 nitrogen and oxygen atoms in total. The molecule has 1 aliphatic heterocycles. The van der Waals surface area contributed by atoms with E-state index >= 15 is 0 Å². The summed E-state index contributed by atoms with van der Waals surface area (Å²) >= 11 is 0. The van der Waals surface area contributed by atoms with Crippen molar-refractivity contribution in [3.63, 3.8) is 0 Å². The van der Waals surface area contributed by atoms with Crippen molar-refractivity contribution in [2.45, 2.75) is 25.8 Å². The van der Waals surface area contributed by atoms with Crippen LogP contribution in [0.1, 0.15) is 19.8 Å². The van der Waals surface area contributed by atoms with E-state index in [1.165, 1.54) is 6.33 Å².